The molecule has 2 nitrogen and oxygen atoms in total. The second-order valence-corrected chi connectivity index (χ2v) is 6.04. The van der Waals surface area contributed by atoms with Crippen LogP contribution in [0.1, 0.15) is 22.3 Å². The van der Waals surface area contributed by atoms with Crippen LogP contribution in [0.15, 0.2) is 91.0 Å². The van der Waals surface area contributed by atoms with E-state index in [2.05, 4.69) is 0 Å². The number of ketones is 1. The molecule has 25 heavy (non-hydrogen) atoms. The van der Waals surface area contributed by atoms with Crippen LogP contribution in [0.3, 0.4) is 0 Å². The summed E-state index contributed by atoms with van der Waals surface area (Å²) in [5.74, 6) is -0.0485. The van der Waals surface area contributed by atoms with Crippen LogP contribution in [0, 0.1) is 11.3 Å². The summed E-state index contributed by atoms with van der Waals surface area (Å²) >= 11 is 0. The van der Waals surface area contributed by atoms with Gasteiger partial charge in [0.05, 0.1) is 6.07 Å². The predicted molar refractivity (Wildman–Crippen MR) is 97.8 cm³/mol. The molecule has 1 aliphatic rings. The Hall–Kier alpha value is -3.44. The third-order valence-corrected chi connectivity index (χ3v) is 4.83. The molecule has 0 bridgehead atoms. The zero-order valence-electron chi connectivity index (χ0n) is 13.5. The lowest BCUT2D eigenvalue weighted by molar-refractivity contribution is -0.116. The van der Waals surface area contributed by atoms with Gasteiger partial charge >= 0.3 is 0 Å². The van der Waals surface area contributed by atoms with Crippen LogP contribution >= 0.6 is 0 Å². The summed E-state index contributed by atoms with van der Waals surface area (Å²) in [7, 11) is 0. The molecule has 0 spiro atoms. The van der Waals surface area contributed by atoms with Crippen LogP contribution in [-0.2, 0) is 10.2 Å². The van der Waals surface area contributed by atoms with E-state index in [1.54, 1.807) is 0 Å². The molecule has 3 aromatic rings. The van der Waals surface area contributed by atoms with Gasteiger partial charge in [0.25, 0.3) is 0 Å². The lowest BCUT2D eigenvalue weighted by atomic mass is 9.69. The van der Waals surface area contributed by atoms with E-state index in [0.29, 0.717) is 5.57 Å². The summed E-state index contributed by atoms with van der Waals surface area (Å²) in [6, 6.07) is 29.4. The molecule has 0 unspecified atom stereocenters. The van der Waals surface area contributed by atoms with E-state index in [1.807, 2.05) is 91.0 Å². The Balaban J connectivity index is 2.15. The molecule has 0 fully saturated rings. The topological polar surface area (TPSA) is 40.9 Å². The number of hydrogen-bond acceptors (Lipinski definition) is 2. The first-order valence-corrected chi connectivity index (χ1v) is 8.15. The molecule has 3 aromatic carbocycles. The fourth-order valence-electron chi connectivity index (χ4n) is 3.82. The molecule has 0 heterocycles. The van der Waals surface area contributed by atoms with Crippen molar-refractivity contribution in [3.05, 3.63) is 113 Å². The number of fused-ring (bicyclic) bond motifs is 1. The number of benzene rings is 3. The fraction of sp³-hybridized carbons (Fsp3) is 0.0435. The van der Waals surface area contributed by atoms with Gasteiger partial charge < -0.3 is 0 Å². The smallest absolute Gasteiger partial charge is 0.183 e. The molecule has 0 saturated heterocycles. The van der Waals surface area contributed by atoms with Gasteiger partial charge in [0, 0.05) is 11.6 Å². The van der Waals surface area contributed by atoms with Crippen LogP contribution in [0.5, 0.6) is 0 Å². The summed E-state index contributed by atoms with van der Waals surface area (Å²) < 4.78 is 0. The van der Waals surface area contributed by atoms with E-state index in [0.717, 1.165) is 22.3 Å². The zero-order valence-corrected chi connectivity index (χ0v) is 13.5. The number of nitriles is 1. The first-order chi connectivity index (χ1) is 12.3. The van der Waals surface area contributed by atoms with E-state index < -0.39 is 5.41 Å². The molecule has 118 valence electrons. The van der Waals surface area contributed by atoms with E-state index >= 15 is 0 Å². The Morgan fingerprint density at radius 1 is 0.760 bits per heavy atom. The molecular formula is C23H15NO. The van der Waals surface area contributed by atoms with Crippen LogP contribution in [0.2, 0.25) is 0 Å². The highest BCUT2D eigenvalue weighted by atomic mass is 16.1. The zero-order chi connectivity index (χ0) is 17.3. The lowest BCUT2D eigenvalue weighted by Gasteiger charge is -2.30. The maximum Gasteiger partial charge on any atom is 0.183 e. The van der Waals surface area contributed by atoms with Gasteiger partial charge in [-0.3, -0.25) is 4.79 Å². The molecule has 0 atom stereocenters. The van der Waals surface area contributed by atoms with E-state index in [9.17, 15) is 10.1 Å². The number of carbonyl (C=O) groups excluding carboxylic acids is 1. The largest absolute Gasteiger partial charge is 0.292 e. The highest BCUT2D eigenvalue weighted by molar-refractivity contribution is 6.32. The quantitative estimate of drug-likeness (QED) is 0.515. The van der Waals surface area contributed by atoms with Crippen molar-refractivity contribution < 1.29 is 4.79 Å². The monoisotopic (exact) mass is 321 g/mol. The average Bonchev–Trinajstić information content (AvgIpc) is 2.93. The van der Waals surface area contributed by atoms with Crippen molar-refractivity contribution in [3.63, 3.8) is 0 Å². The molecule has 0 aliphatic heterocycles. The summed E-state index contributed by atoms with van der Waals surface area (Å²) in [4.78, 5) is 13.7. The highest BCUT2D eigenvalue weighted by Crippen LogP contribution is 2.50. The molecule has 0 amide bonds. The van der Waals surface area contributed by atoms with Gasteiger partial charge in [-0.1, -0.05) is 84.9 Å². The minimum atomic E-state index is -0.915. The van der Waals surface area contributed by atoms with E-state index in [1.165, 1.54) is 6.08 Å². The van der Waals surface area contributed by atoms with E-state index in [-0.39, 0.29) is 5.78 Å². The third kappa shape index (κ3) is 2.07. The molecule has 4 rings (SSSR count). The summed E-state index contributed by atoms with van der Waals surface area (Å²) in [6.45, 7) is 0. The molecule has 0 radical (unpaired) electrons. The Bertz CT molecular complexity index is 971. The Kier molecular flexibility index (Phi) is 3.56. The fourth-order valence-corrected chi connectivity index (χ4v) is 3.82. The maximum absolute atomic E-state index is 13.7. The number of Topliss-reactive ketones (excluding diaryl/α,β-unsaturated/α-hetero) is 1. The van der Waals surface area contributed by atoms with Crippen molar-refractivity contribution in [1.29, 1.82) is 5.26 Å². The summed E-state index contributed by atoms with van der Waals surface area (Å²) in [6.07, 6.45) is 1.37. The lowest BCUT2D eigenvalue weighted by Crippen LogP contribution is -2.34. The van der Waals surface area contributed by atoms with Crippen LogP contribution < -0.4 is 0 Å². The minimum Gasteiger partial charge on any atom is -0.292 e. The van der Waals surface area contributed by atoms with Crippen molar-refractivity contribution in [1.82, 2.24) is 0 Å². The first-order valence-electron chi connectivity index (χ1n) is 8.15. The Morgan fingerprint density at radius 3 is 1.84 bits per heavy atom. The Labute approximate surface area is 146 Å². The number of nitrogens with zero attached hydrogens (tertiary/aromatic N) is 1. The normalized spacial score (nSPS) is 16.4. The van der Waals surface area contributed by atoms with Crippen LogP contribution in [-0.4, -0.2) is 5.78 Å². The van der Waals surface area contributed by atoms with Gasteiger partial charge in [-0.05, 0) is 22.3 Å². The van der Waals surface area contributed by atoms with Crippen molar-refractivity contribution >= 4 is 11.4 Å². The molecule has 0 aromatic heterocycles. The second kappa shape index (κ2) is 5.89. The van der Waals surface area contributed by atoms with Crippen LogP contribution in [0.25, 0.3) is 5.57 Å². The van der Waals surface area contributed by atoms with Crippen molar-refractivity contribution in [2.24, 2.45) is 0 Å². The highest BCUT2D eigenvalue weighted by Gasteiger charge is 2.51. The number of carbonyl (C=O) groups is 1. The maximum atomic E-state index is 13.7. The Morgan fingerprint density at radius 2 is 1.28 bits per heavy atom. The summed E-state index contributed by atoms with van der Waals surface area (Å²) in [5.41, 5.74) is 3.16. The van der Waals surface area contributed by atoms with Gasteiger partial charge in [0.2, 0.25) is 0 Å². The first kappa shape index (κ1) is 15.1. The standard InChI is InChI=1S/C23H15NO/c24-16-15-20-19-13-7-8-14-21(19)23(22(20)25,17-9-3-1-4-10-17)18-11-5-2-6-12-18/h1-15H/b20-15+. The minimum absolute atomic E-state index is 0.0485. The van der Waals surface area contributed by atoms with Crippen molar-refractivity contribution in [2.75, 3.05) is 0 Å². The van der Waals surface area contributed by atoms with Gasteiger partial charge in [-0.25, -0.2) is 0 Å². The van der Waals surface area contributed by atoms with Crippen molar-refractivity contribution in [3.8, 4) is 6.07 Å². The number of hydrogen-bond donors (Lipinski definition) is 0. The van der Waals surface area contributed by atoms with Gasteiger partial charge in [0.15, 0.2) is 5.78 Å². The third-order valence-electron chi connectivity index (χ3n) is 4.83. The number of rotatable bonds is 2. The average molecular weight is 321 g/mol. The molecule has 0 saturated carbocycles. The molecule has 1 aliphatic carbocycles. The van der Waals surface area contributed by atoms with Crippen molar-refractivity contribution in [2.45, 2.75) is 5.41 Å². The number of allylic oxidation sites excluding steroid dienone is 2. The summed E-state index contributed by atoms with van der Waals surface area (Å²) in [5, 5.41) is 9.20. The van der Waals surface area contributed by atoms with E-state index in [4.69, 9.17) is 0 Å². The SMILES string of the molecule is N#C/C=C1/C(=O)C(c2ccccc2)(c2ccccc2)c2ccccc21. The molecular weight excluding hydrogens is 306 g/mol. The second-order valence-electron chi connectivity index (χ2n) is 6.04. The molecule has 2 heteroatoms. The van der Waals surface area contributed by atoms with Gasteiger partial charge in [-0.2, -0.15) is 5.26 Å². The molecule has 0 N–H and O–H groups in total. The predicted octanol–water partition coefficient (Wildman–Crippen LogP) is 4.51. The van der Waals surface area contributed by atoms with Crippen LogP contribution in [0.4, 0.5) is 0 Å². The van der Waals surface area contributed by atoms with Gasteiger partial charge in [-0.15, -0.1) is 0 Å². The van der Waals surface area contributed by atoms with Gasteiger partial charge in [0.1, 0.15) is 5.41 Å².